The summed E-state index contributed by atoms with van der Waals surface area (Å²) in [5, 5.41) is 20.4. The van der Waals surface area contributed by atoms with E-state index in [0.29, 0.717) is 0 Å². The van der Waals surface area contributed by atoms with Gasteiger partial charge in [-0.3, -0.25) is 4.68 Å². The van der Waals surface area contributed by atoms with Crippen molar-refractivity contribution in [1.82, 2.24) is 20.3 Å². The van der Waals surface area contributed by atoms with E-state index in [4.69, 9.17) is 0 Å². The second-order valence-corrected chi connectivity index (χ2v) is 4.84. The number of nitrogens with one attached hydrogen (secondary N) is 1. The van der Waals surface area contributed by atoms with Gasteiger partial charge >= 0.3 is 0 Å². The van der Waals surface area contributed by atoms with Gasteiger partial charge in [-0.1, -0.05) is 11.3 Å². The van der Waals surface area contributed by atoms with E-state index >= 15 is 0 Å². The number of aromatic hydroxyl groups is 1. The Labute approximate surface area is 114 Å². The Hall–Kier alpha value is -1.40. The number of aromatic nitrogens is 3. The number of phenolic OH excluding ortho intramolecular Hbond substituents is 1. The molecule has 1 aromatic heterocycles. The van der Waals surface area contributed by atoms with E-state index in [2.05, 4.69) is 31.6 Å². The molecule has 0 aliphatic heterocycles. The molecular formula is C12H15BrN4O. The van der Waals surface area contributed by atoms with Crippen molar-refractivity contribution in [2.24, 2.45) is 0 Å². The van der Waals surface area contributed by atoms with Crippen molar-refractivity contribution in [2.75, 3.05) is 6.54 Å². The quantitative estimate of drug-likeness (QED) is 0.800. The van der Waals surface area contributed by atoms with Gasteiger partial charge in [0.15, 0.2) is 0 Å². The van der Waals surface area contributed by atoms with Gasteiger partial charge < -0.3 is 10.4 Å². The molecule has 0 amide bonds. The van der Waals surface area contributed by atoms with Crippen LogP contribution in [-0.2, 0) is 13.1 Å². The maximum Gasteiger partial charge on any atom is 0.129 e. The highest BCUT2D eigenvalue weighted by atomic mass is 79.9. The van der Waals surface area contributed by atoms with Crippen molar-refractivity contribution in [1.29, 1.82) is 0 Å². The van der Waals surface area contributed by atoms with E-state index in [1.807, 2.05) is 23.0 Å². The molecule has 18 heavy (non-hydrogen) atoms. The van der Waals surface area contributed by atoms with Crippen LogP contribution in [0.15, 0.2) is 35.1 Å². The molecule has 1 aromatic carbocycles. The van der Waals surface area contributed by atoms with Crippen molar-refractivity contribution < 1.29 is 5.11 Å². The Morgan fingerprint density at radius 3 is 3.00 bits per heavy atom. The van der Waals surface area contributed by atoms with E-state index in [1.165, 1.54) is 0 Å². The molecule has 2 aromatic rings. The minimum absolute atomic E-state index is 0.268. The average molecular weight is 311 g/mol. The first-order valence-electron chi connectivity index (χ1n) is 5.78. The number of phenols is 1. The van der Waals surface area contributed by atoms with Gasteiger partial charge in [-0.25, -0.2) is 0 Å². The minimum atomic E-state index is 0.268. The molecule has 0 bridgehead atoms. The monoisotopic (exact) mass is 310 g/mol. The van der Waals surface area contributed by atoms with Crippen LogP contribution in [0.3, 0.4) is 0 Å². The Morgan fingerprint density at radius 2 is 2.28 bits per heavy atom. The van der Waals surface area contributed by atoms with Gasteiger partial charge in [0.05, 0.1) is 10.7 Å². The standard InChI is InChI=1S/C12H15BrN4O/c13-11-8-10(2-3-12(11)18)9-14-4-1-6-17-7-5-15-16-17/h2-3,5,7-8,14,18H,1,4,6,9H2. The Morgan fingerprint density at radius 1 is 1.39 bits per heavy atom. The number of halogens is 1. The van der Waals surface area contributed by atoms with Crippen molar-refractivity contribution in [3.8, 4) is 5.75 Å². The van der Waals surface area contributed by atoms with Crippen LogP contribution >= 0.6 is 15.9 Å². The van der Waals surface area contributed by atoms with E-state index in [0.717, 1.165) is 36.1 Å². The fourth-order valence-electron chi connectivity index (χ4n) is 1.61. The number of aryl methyl sites for hydroxylation is 1. The fourth-order valence-corrected chi connectivity index (χ4v) is 2.04. The molecule has 0 saturated heterocycles. The van der Waals surface area contributed by atoms with E-state index in [1.54, 1.807) is 12.3 Å². The molecule has 0 atom stereocenters. The maximum atomic E-state index is 9.38. The number of benzene rings is 1. The van der Waals surface area contributed by atoms with Gasteiger partial charge in [0.1, 0.15) is 5.75 Å². The molecule has 0 unspecified atom stereocenters. The number of hydrogen-bond acceptors (Lipinski definition) is 4. The Bertz CT molecular complexity index is 487. The zero-order valence-corrected chi connectivity index (χ0v) is 11.5. The summed E-state index contributed by atoms with van der Waals surface area (Å²) in [4.78, 5) is 0. The highest BCUT2D eigenvalue weighted by Gasteiger charge is 1.99. The maximum absolute atomic E-state index is 9.38. The van der Waals surface area contributed by atoms with Crippen LogP contribution in [0.1, 0.15) is 12.0 Å². The van der Waals surface area contributed by atoms with Crippen LogP contribution in [0, 0.1) is 0 Å². The summed E-state index contributed by atoms with van der Waals surface area (Å²) < 4.78 is 2.54. The molecule has 0 fully saturated rings. The summed E-state index contributed by atoms with van der Waals surface area (Å²) in [7, 11) is 0. The lowest BCUT2D eigenvalue weighted by Crippen LogP contribution is -2.16. The van der Waals surface area contributed by atoms with E-state index in [-0.39, 0.29) is 5.75 Å². The summed E-state index contributed by atoms with van der Waals surface area (Å²) in [5.74, 6) is 0.268. The first-order chi connectivity index (χ1) is 8.75. The highest BCUT2D eigenvalue weighted by molar-refractivity contribution is 9.10. The van der Waals surface area contributed by atoms with Crippen molar-refractivity contribution in [3.05, 3.63) is 40.6 Å². The summed E-state index contributed by atoms with van der Waals surface area (Å²) in [6.07, 6.45) is 4.54. The third-order valence-electron chi connectivity index (χ3n) is 2.55. The number of rotatable bonds is 6. The molecule has 2 rings (SSSR count). The number of hydrogen-bond donors (Lipinski definition) is 2. The van der Waals surface area contributed by atoms with Crippen LogP contribution in [0.2, 0.25) is 0 Å². The average Bonchev–Trinajstić information content (AvgIpc) is 2.86. The second-order valence-electron chi connectivity index (χ2n) is 3.98. The zero-order valence-electron chi connectivity index (χ0n) is 9.88. The largest absolute Gasteiger partial charge is 0.507 e. The van der Waals surface area contributed by atoms with Gasteiger partial charge in [-0.05, 0) is 46.6 Å². The van der Waals surface area contributed by atoms with Gasteiger partial charge in [0, 0.05) is 19.3 Å². The minimum Gasteiger partial charge on any atom is -0.507 e. The predicted octanol–water partition coefficient (Wildman–Crippen LogP) is 1.93. The lowest BCUT2D eigenvalue weighted by atomic mass is 10.2. The topological polar surface area (TPSA) is 63.0 Å². The molecule has 5 nitrogen and oxygen atoms in total. The van der Waals surface area contributed by atoms with Crippen LogP contribution in [-0.4, -0.2) is 26.6 Å². The number of nitrogens with zero attached hydrogens (tertiary/aromatic N) is 3. The molecule has 2 N–H and O–H groups in total. The third kappa shape index (κ3) is 3.82. The second kappa shape index (κ2) is 6.51. The van der Waals surface area contributed by atoms with Gasteiger partial charge in [-0.15, -0.1) is 5.10 Å². The molecule has 6 heteroatoms. The lowest BCUT2D eigenvalue weighted by Gasteiger charge is -2.06. The highest BCUT2D eigenvalue weighted by Crippen LogP contribution is 2.24. The van der Waals surface area contributed by atoms with Crippen LogP contribution in [0.25, 0.3) is 0 Å². The van der Waals surface area contributed by atoms with Crippen molar-refractivity contribution in [2.45, 2.75) is 19.5 Å². The molecule has 0 saturated carbocycles. The molecule has 0 spiro atoms. The van der Waals surface area contributed by atoms with Crippen molar-refractivity contribution in [3.63, 3.8) is 0 Å². The molecular weight excluding hydrogens is 296 g/mol. The fraction of sp³-hybridized carbons (Fsp3) is 0.333. The summed E-state index contributed by atoms with van der Waals surface area (Å²) in [6, 6.07) is 5.51. The predicted molar refractivity (Wildman–Crippen MR) is 72.2 cm³/mol. The molecule has 0 radical (unpaired) electrons. The van der Waals surface area contributed by atoms with Crippen LogP contribution in [0.4, 0.5) is 0 Å². The molecule has 96 valence electrons. The van der Waals surface area contributed by atoms with Gasteiger partial charge in [-0.2, -0.15) is 0 Å². The molecule has 1 heterocycles. The first kappa shape index (κ1) is 13.0. The third-order valence-corrected chi connectivity index (χ3v) is 3.19. The van der Waals surface area contributed by atoms with Crippen molar-refractivity contribution >= 4 is 15.9 Å². The molecule has 0 aliphatic carbocycles. The van der Waals surface area contributed by atoms with Crippen LogP contribution in [0.5, 0.6) is 5.75 Å². The lowest BCUT2D eigenvalue weighted by molar-refractivity contribution is 0.471. The zero-order chi connectivity index (χ0) is 12.8. The Kier molecular flexibility index (Phi) is 4.72. The smallest absolute Gasteiger partial charge is 0.129 e. The summed E-state index contributed by atoms with van der Waals surface area (Å²) in [6.45, 7) is 2.57. The summed E-state index contributed by atoms with van der Waals surface area (Å²) >= 11 is 3.30. The van der Waals surface area contributed by atoms with E-state index in [9.17, 15) is 5.11 Å². The van der Waals surface area contributed by atoms with Gasteiger partial charge in [0.25, 0.3) is 0 Å². The Balaban J connectivity index is 1.67. The first-order valence-corrected chi connectivity index (χ1v) is 6.57. The van der Waals surface area contributed by atoms with Crippen LogP contribution < -0.4 is 5.32 Å². The van der Waals surface area contributed by atoms with E-state index < -0.39 is 0 Å². The summed E-state index contributed by atoms with van der Waals surface area (Å²) in [5.41, 5.74) is 1.14. The normalized spacial score (nSPS) is 10.7. The van der Waals surface area contributed by atoms with Gasteiger partial charge in [0.2, 0.25) is 0 Å². The molecule has 0 aliphatic rings. The SMILES string of the molecule is Oc1ccc(CNCCCn2ccnn2)cc1Br.